The molecular formula is C20H14BrClN2O2S. The maximum atomic E-state index is 12.5. The second kappa shape index (κ2) is 7.92. The van der Waals surface area contributed by atoms with Crippen LogP contribution in [-0.2, 0) is 4.79 Å². The van der Waals surface area contributed by atoms with E-state index in [0.29, 0.717) is 22.3 Å². The van der Waals surface area contributed by atoms with Crippen LogP contribution in [0, 0.1) is 0 Å². The maximum absolute atomic E-state index is 12.5. The smallest absolute Gasteiger partial charge is 0.238 e. The van der Waals surface area contributed by atoms with Crippen LogP contribution < -0.4 is 9.64 Å². The van der Waals surface area contributed by atoms with Crippen molar-refractivity contribution in [3.05, 3.63) is 82.0 Å². The van der Waals surface area contributed by atoms with Gasteiger partial charge >= 0.3 is 0 Å². The van der Waals surface area contributed by atoms with E-state index in [4.69, 9.17) is 16.3 Å². The fourth-order valence-electron chi connectivity index (χ4n) is 2.83. The Balaban J connectivity index is 1.56. The molecule has 0 aliphatic carbocycles. The van der Waals surface area contributed by atoms with E-state index in [1.165, 1.54) is 0 Å². The largest absolute Gasteiger partial charge is 0.457 e. The third kappa shape index (κ3) is 4.13. The molecule has 136 valence electrons. The van der Waals surface area contributed by atoms with E-state index in [1.807, 2.05) is 42.5 Å². The van der Waals surface area contributed by atoms with Crippen molar-refractivity contribution >= 4 is 50.9 Å². The van der Waals surface area contributed by atoms with Gasteiger partial charge in [0.1, 0.15) is 16.9 Å². The lowest BCUT2D eigenvalue weighted by atomic mass is 10.2. The van der Waals surface area contributed by atoms with Gasteiger partial charge in [-0.2, -0.15) is 0 Å². The normalized spacial score (nSPS) is 16.6. The van der Waals surface area contributed by atoms with Crippen molar-refractivity contribution in [1.82, 2.24) is 4.98 Å². The number of amides is 1. The lowest BCUT2D eigenvalue weighted by molar-refractivity contribution is -0.115. The van der Waals surface area contributed by atoms with Gasteiger partial charge in [-0.3, -0.25) is 14.7 Å². The minimum absolute atomic E-state index is 0.0799. The van der Waals surface area contributed by atoms with Gasteiger partial charge in [-0.1, -0.05) is 11.6 Å². The van der Waals surface area contributed by atoms with Crippen LogP contribution in [0.5, 0.6) is 11.5 Å². The summed E-state index contributed by atoms with van der Waals surface area (Å²) in [4.78, 5) is 18.5. The molecule has 2 aromatic carbocycles. The van der Waals surface area contributed by atoms with Crippen molar-refractivity contribution < 1.29 is 9.53 Å². The van der Waals surface area contributed by atoms with Gasteiger partial charge in [0.15, 0.2) is 0 Å². The number of anilines is 1. The van der Waals surface area contributed by atoms with Gasteiger partial charge in [0.2, 0.25) is 5.91 Å². The van der Waals surface area contributed by atoms with Crippen LogP contribution in [0.1, 0.15) is 10.9 Å². The zero-order chi connectivity index (χ0) is 18.8. The quantitative estimate of drug-likeness (QED) is 0.473. The summed E-state index contributed by atoms with van der Waals surface area (Å²) < 4.78 is 6.72. The maximum Gasteiger partial charge on any atom is 0.238 e. The second-order valence-electron chi connectivity index (χ2n) is 5.91. The third-order valence-corrected chi connectivity index (χ3v) is 5.94. The summed E-state index contributed by atoms with van der Waals surface area (Å²) in [7, 11) is 0. The minimum atomic E-state index is -0.0921. The van der Waals surface area contributed by atoms with E-state index < -0.39 is 0 Å². The zero-order valence-electron chi connectivity index (χ0n) is 14.0. The zero-order valence-corrected chi connectivity index (χ0v) is 17.2. The molecule has 1 amide bonds. The average molecular weight is 462 g/mol. The highest BCUT2D eigenvalue weighted by atomic mass is 79.9. The van der Waals surface area contributed by atoms with Crippen LogP contribution in [0.4, 0.5) is 5.69 Å². The van der Waals surface area contributed by atoms with Crippen LogP contribution in [0.25, 0.3) is 0 Å². The van der Waals surface area contributed by atoms with Gasteiger partial charge in [0.25, 0.3) is 0 Å². The van der Waals surface area contributed by atoms with Gasteiger partial charge < -0.3 is 4.74 Å². The van der Waals surface area contributed by atoms with E-state index in [-0.39, 0.29) is 11.3 Å². The Morgan fingerprint density at radius 1 is 1.07 bits per heavy atom. The first-order valence-electron chi connectivity index (χ1n) is 8.18. The van der Waals surface area contributed by atoms with Crippen molar-refractivity contribution in [2.24, 2.45) is 0 Å². The van der Waals surface area contributed by atoms with E-state index in [0.717, 1.165) is 15.7 Å². The number of halogens is 2. The summed E-state index contributed by atoms with van der Waals surface area (Å²) in [6, 6.07) is 16.7. The summed E-state index contributed by atoms with van der Waals surface area (Å²) in [5.41, 5.74) is 1.82. The molecule has 4 nitrogen and oxygen atoms in total. The van der Waals surface area contributed by atoms with E-state index in [9.17, 15) is 4.79 Å². The lowest BCUT2D eigenvalue weighted by Crippen LogP contribution is -2.27. The summed E-state index contributed by atoms with van der Waals surface area (Å²) >= 11 is 10.9. The van der Waals surface area contributed by atoms with Crippen LogP contribution >= 0.6 is 39.3 Å². The Morgan fingerprint density at radius 3 is 2.41 bits per heavy atom. The Morgan fingerprint density at radius 2 is 1.74 bits per heavy atom. The number of ether oxygens (including phenoxy) is 1. The van der Waals surface area contributed by atoms with Crippen LogP contribution in [0.3, 0.4) is 0 Å². The molecule has 0 saturated carbocycles. The molecule has 7 heteroatoms. The van der Waals surface area contributed by atoms with Gasteiger partial charge in [-0.25, -0.2) is 0 Å². The number of aromatic nitrogens is 1. The molecule has 1 fully saturated rings. The molecule has 3 aromatic rings. The Hall–Kier alpha value is -2.02. The first kappa shape index (κ1) is 18.3. The predicted molar refractivity (Wildman–Crippen MR) is 113 cm³/mol. The summed E-state index contributed by atoms with van der Waals surface area (Å²) in [5.74, 6) is 1.93. The molecule has 0 bridgehead atoms. The average Bonchev–Trinajstić information content (AvgIpc) is 3.06. The van der Waals surface area contributed by atoms with E-state index in [1.54, 1.807) is 41.2 Å². The minimum Gasteiger partial charge on any atom is -0.457 e. The van der Waals surface area contributed by atoms with E-state index >= 15 is 0 Å². The molecule has 0 spiro atoms. The summed E-state index contributed by atoms with van der Waals surface area (Å²) in [6.07, 6.45) is 3.53. The number of hydrogen-bond donors (Lipinski definition) is 0. The second-order valence-corrected chi connectivity index (χ2v) is 8.33. The van der Waals surface area contributed by atoms with Crippen LogP contribution in [-0.4, -0.2) is 16.6 Å². The highest BCUT2D eigenvalue weighted by molar-refractivity contribution is 9.10. The summed E-state index contributed by atoms with van der Waals surface area (Å²) in [5, 5.41) is 0.571. The molecule has 0 N–H and O–H groups in total. The van der Waals surface area contributed by atoms with Crippen LogP contribution in [0.15, 0.2) is 71.5 Å². The number of nitrogens with zero attached hydrogens (tertiary/aromatic N) is 2. The number of carbonyl (C=O) groups is 1. The van der Waals surface area contributed by atoms with E-state index in [2.05, 4.69) is 20.9 Å². The number of carbonyl (C=O) groups excluding carboxylic acids is 1. The number of benzene rings is 2. The molecular weight excluding hydrogens is 448 g/mol. The fourth-order valence-corrected chi connectivity index (χ4v) is 4.48. The highest BCUT2D eigenvalue weighted by Gasteiger charge is 2.34. The highest BCUT2D eigenvalue weighted by Crippen LogP contribution is 2.42. The van der Waals surface area contributed by atoms with Gasteiger partial charge in [0.05, 0.1) is 5.75 Å². The fraction of sp³-hybridized carbons (Fsp3) is 0.100. The molecule has 0 radical (unpaired) electrons. The Labute approximate surface area is 174 Å². The standard InChI is InChI=1S/C20H14BrClN2O2S/c21-14-9-13(10-23-11-14)20-24(19(25)12-27-20)16-3-7-18(8-4-16)26-17-5-1-15(22)2-6-17/h1-11,20H,12H2. The molecule has 1 aliphatic heterocycles. The first-order chi connectivity index (χ1) is 13.1. The molecule has 4 rings (SSSR count). The topological polar surface area (TPSA) is 42.4 Å². The number of pyridine rings is 1. The van der Waals surface area contributed by atoms with Crippen molar-refractivity contribution in [1.29, 1.82) is 0 Å². The molecule has 1 saturated heterocycles. The van der Waals surface area contributed by atoms with Crippen molar-refractivity contribution in [3.8, 4) is 11.5 Å². The van der Waals surface area contributed by atoms with Crippen molar-refractivity contribution in [2.75, 3.05) is 10.7 Å². The van der Waals surface area contributed by atoms with Crippen molar-refractivity contribution in [2.45, 2.75) is 5.37 Å². The third-order valence-electron chi connectivity index (χ3n) is 4.04. The molecule has 1 aliphatic rings. The monoisotopic (exact) mass is 460 g/mol. The Kier molecular flexibility index (Phi) is 5.38. The predicted octanol–water partition coefficient (Wildman–Crippen LogP) is 6.07. The molecule has 1 aromatic heterocycles. The molecule has 1 unspecified atom stereocenters. The molecule has 2 heterocycles. The lowest BCUT2D eigenvalue weighted by Gasteiger charge is -2.24. The van der Waals surface area contributed by atoms with Gasteiger partial charge in [-0.15, -0.1) is 11.8 Å². The summed E-state index contributed by atoms with van der Waals surface area (Å²) in [6.45, 7) is 0. The van der Waals surface area contributed by atoms with Gasteiger partial charge in [0, 0.05) is 33.1 Å². The molecule has 1 atom stereocenters. The molecule has 27 heavy (non-hydrogen) atoms. The number of hydrogen-bond acceptors (Lipinski definition) is 4. The van der Waals surface area contributed by atoms with Gasteiger partial charge in [-0.05, 0) is 70.5 Å². The number of rotatable bonds is 4. The van der Waals surface area contributed by atoms with Crippen molar-refractivity contribution in [3.63, 3.8) is 0 Å². The van der Waals surface area contributed by atoms with Crippen LogP contribution in [0.2, 0.25) is 5.02 Å². The number of thioether (sulfide) groups is 1. The SMILES string of the molecule is O=C1CSC(c2cncc(Br)c2)N1c1ccc(Oc2ccc(Cl)cc2)cc1. The first-order valence-corrected chi connectivity index (χ1v) is 10.4. The Bertz CT molecular complexity index is 966.